The number of carboxylic acids is 2. The Labute approximate surface area is 102 Å². The van der Waals surface area contributed by atoms with Crippen LogP contribution in [0.1, 0.15) is 32.4 Å². The quantitative estimate of drug-likeness (QED) is 0.474. The van der Waals surface area contributed by atoms with Crippen LogP contribution in [0.2, 0.25) is 0 Å². The van der Waals surface area contributed by atoms with Crippen LogP contribution in [-0.4, -0.2) is 45.0 Å². The van der Waals surface area contributed by atoms with Gasteiger partial charge in [0.05, 0.1) is 17.2 Å². The van der Waals surface area contributed by atoms with Gasteiger partial charge in [-0.2, -0.15) is 0 Å². The molecular weight excluding hydrogens is 242 g/mol. The van der Waals surface area contributed by atoms with Gasteiger partial charge in [0, 0.05) is 6.54 Å². The molecule has 1 aromatic carbocycles. The summed E-state index contributed by atoms with van der Waals surface area (Å²) < 4.78 is 0. The molecule has 98 valence electrons. The molecule has 6 N–H and O–H groups in total. The number of hydrogen-bond donors (Lipinski definition) is 5. The van der Waals surface area contributed by atoms with Crippen LogP contribution in [-0.2, 0) is 0 Å². The number of aliphatic hydroxyl groups is 2. The van der Waals surface area contributed by atoms with E-state index in [0.29, 0.717) is 0 Å². The first-order chi connectivity index (χ1) is 8.38. The summed E-state index contributed by atoms with van der Waals surface area (Å²) in [6.07, 6.45) is -2.92. The summed E-state index contributed by atoms with van der Waals surface area (Å²) in [7, 11) is 0. The van der Waals surface area contributed by atoms with E-state index < -0.39 is 24.1 Å². The minimum Gasteiger partial charge on any atom is -0.478 e. The molecule has 0 aliphatic carbocycles. The Bertz CT molecular complexity index is 473. The minimum absolute atomic E-state index is 0.180. The monoisotopic (exact) mass is 255 g/mol. The summed E-state index contributed by atoms with van der Waals surface area (Å²) in [5.41, 5.74) is 4.52. The van der Waals surface area contributed by atoms with Crippen molar-refractivity contribution in [3.05, 3.63) is 34.9 Å². The minimum atomic E-state index is -1.56. The summed E-state index contributed by atoms with van der Waals surface area (Å²) in [4.78, 5) is 21.7. The second-order valence-corrected chi connectivity index (χ2v) is 3.66. The fourth-order valence-corrected chi connectivity index (χ4v) is 1.47. The van der Waals surface area contributed by atoms with Crippen LogP contribution in [0.25, 0.3) is 0 Å². The molecule has 2 atom stereocenters. The first kappa shape index (κ1) is 14.1. The van der Waals surface area contributed by atoms with E-state index in [0.717, 1.165) is 18.2 Å². The van der Waals surface area contributed by atoms with E-state index in [9.17, 15) is 19.8 Å². The van der Waals surface area contributed by atoms with Gasteiger partial charge in [-0.25, -0.2) is 9.59 Å². The fourth-order valence-electron chi connectivity index (χ4n) is 1.47. The lowest BCUT2D eigenvalue weighted by Crippen LogP contribution is -2.28. The van der Waals surface area contributed by atoms with Crippen molar-refractivity contribution >= 4 is 11.9 Å². The van der Waals surface area contributed by atoms with Gasteiger partial charge in [-0.15, -0.1) is 0 Å². The largest absolute Gasteiger partial charge is 0.478 e. The molecule has 0 spiro atoms. The first-order valence-corrected chi connectivity index (χ1v) is 5.05. The van der Waals surface area contributed by atoms with Crippen molar-refractivity contribution in [1.82, 2.24) is 0 Å². The third kappa shape index (κ3) is 2.83. The number of hydrogen-bond acceptors (Lipinski definition) is 5. The Kier molecular flexibility index (Phi) is 4.38. The zero-order chi connectivity index (χ0) is 13.9. The van der Waals surface area contributed by atoms with Crippen molar-refractivity contribution in [2.45, 2.75) is 12.2 Å². The molecule has 1 rings (SSSR count). The van der Waals surface area contributed by atoms with Crippen LogP contribution in [0.5, 0.6) is 0 Å². The number of carbonyl (C=O) groups is 2. The van der Waals surface area contributed by atoms with Crippen molar-refractivity contribution in [3.63, 3.8) is 0 Å². The highest BCUT2D eigenvalue weighted by Crippen LogP contribution is 2.23. The van der Waals surface area contributed by atoms with Crippen LogP contribution in [0.3, 0.4) is 0 Å². The zero-order valence-corrected chi connectivity index (χ0v) is 9.28. The van der Waals surface area contributed by atoms with Gasteiger partial charge in [0.25, 0.3) is 0 Å². The average Bonchev–Trinajstić information content (AvgIpc) is 2.35. The average molecular weight is 255 g/mol. The standard InChI is InChI=1S/C11H13NO6/c12-4-8(13)9(14)7-3-5(10(15)16)1-2-6(7)11(17)18/h1-3,8-9,13-14H,4,12H2,(H,15,16)(H,17,18). The molecule has 0 heterocycles. The second-order valence-electron chi connectivity index (χ2n) is 3.66. The van der Waals surface area contributed by atoms with Gasteiger partial charge in [0.15, 0.2) is 0 Å². The summed E-state index contributed by atoms with van der Waals surface area (Å²) >= 11 is 0. The zero-order valence-electron chi connectivity index (χ0n) is 9.28. The highest BCUT2D eigenvalue weighted by Gasteiger charge is 2.24. The molecule has 0 radical (unpaired) electrons. The Balaban J connectivity index is 3.31. The maximum absolute atomic E-state index is 10.9. The van der Waals surface area contributed by atoms with Crippen LogP contribution in [0.4, 0.5) is 0 Å². The maximum atomic E-state index is 10.9. The third-order valence-electron chi connectivity index (χ3n) is 2.45. The van der Waals surface area contributed by atoms with Gasteiger partial charge in [-0.1, -0.05) is 0 Å². The fraction of sp³-hybridized carbons (Fsp3) is 0.273. The van der Waals surface area contributed by atoms with Crippen LogP contribution in [0, 0.1) is 0 Å². The number of aromatic carboxylic acids is 2. The second kappa shape index (κ2) is 5.58. The van der Waals surface area contributed by atoms with Crippen molar-refractivity contribution in [3.8, 4) is 0 Å². The van der Waals surface area contributed by atoms with Crippen LogP contribution >= 0.6 is 0 Å². The molecule has 7 heteroatoms. The van der Waals surface area contributed by atoms with Gasteiger partial charge in [0.1, 0.15) is 6.10 Å². The number of benzene rings is 1. The van der Waals surface area contributed by atoms with E-state index in [1.165, 1.54) is 0 Å². The summed E-state index contributed by atoms with van der Waals surface area (Å²) in [5.74, 6) is -2.59. The van der Waals surface area contributed by atoms with Gasteiger partial charge in [-0.3, -0.25) is 0 Å². The smallest absolute Gasteiger partial charge is 0.336 e. The van der Waals surface area contributed by atoms with Crippen molar-refractivity contribution < 1.29 is 30.0 Å². The summed E-state index contributed by atoms with van der Waals surface area (Å²) in [6, 6.07) is 3.18. The Morgan fingerprint density at radius 1 is 1.17 bits per heavy atom. The predicted octanol–water partition coefficient (Wildman–Crippen LogP) is -0.564. The normalized spacial score (nSPS) is 13.9. The van der Waals surface area contributed by atoms with E-state index in [2.05, 4.69) is 0 Å². The Morgan fingerprint density at radius 2 is 1.78 bits per heavy atom. The topological polar surface area (TPSA) is 141 Å². The molecule has 0 saturated carbocycles. The van der Waals surface area contributed by atoms with Crippen molar-refractivity contribution in [2.24, 2.45) is 5.73 Å². The highest BCUT2D eigenvalue weighted by atomic mass is 16.4. The molecule has 0 fully saturated rings. The van der Waals surface area contributed by atoms with Gasteiger partial charge >= 0.3 is 11.9 Å². The van der Waals surface area contributed by atoms with E-state index in [1.807, 2.05) is 0 Å². The summed E-state index contributed by atoms with van der Waals surface area (Å²) in [6.45, 7) is -0.280. The van der Waals surface area contributed by atoms with Crippen LogP contribution < -0.4 is 5.73 Å². The molecule has 0 aliphatic rings. The maximum Gasteiger partial charge on any atom is 0.336 e. The van der Waals surface area contributed by atoms with E-state index in [1.54, 1.807) is 0 Å². The molecule has 2 unspecified atom stereocenters. The van der Waals surface area contributed by atoms with Gasteiger partial charge < -0.3 is 26.2 Å². The molecule has 0 amide bonds. The predicted molar refractivity (Wildman–Crippen MR) is 60.4 cm³/mol. The molecule has 7 nitrogen and oxygen atoms in total. The molecular formula is C11H13NO6. The van der Waals surface area contributed by atoms with E-state index >= 15 is 0 Å². The molecule has 0 bridgehead atoms. The lowest BCUT2D eigenvalue weighted by Gasteiger charge is -2.18. The SMILES string of the molecule is NCC(O)C(O)c1cc(C(=O)O)ccc1C(=O)O. The Morgan fingerprint density at radius 3 is 2.22 bits per heavy atom. The van der Waals surface area contributed by atoms with Crippen molar-refractivity contribution in [2.75, 3.05) is 6.54 Å². The highest BCUT2D eigenvalue weighted by molar-refractivity contribution is 5.93. The number of aliphatic hydroxyl groups excluding tert-OH is 2. The molecule has 0 saturated heterocycles. The molecule has 1 aromatic rings. The number of carboxylic acid groups (broad SMARTS) is 2. The summed E-state index contributed by atoms with van der Waals surface area (Å²) in [5, 5.41) is 36.9. The number of nitrogens with two attached hydrogens (primary N) is 1. The van der Waals surface area contributed by atoms with Gasteiger partial charge in [-0.05, 0) is 23.8 Å². The molecule has 0 aliphatic heterocycles. The lowest BCUT2D eigenvalue weighted by atomic mass is 9.96. The van der Waals surface area contributed by atoms with Crippen molar-refractivity contribution in [1.29, 1.82) is 0 Å². The number of rotatable bonds is 5. The Hall–Kier alpha value is -1.96. The first-order valence-electron chi connectivity index (χ1n) is 5.05. The van der Waals surface area contributed by atoms with Gasteiger partial charge in [0.2, 0.25) is 0 Å². The lowest BCUT2D eigenvalue weighted by molar-refractivity contribution is 0.0231. The van der Waals surface area contributed by atoms with E-state index in [-0.39, 0.29) is 23.2 Å². The molecule has 0 aromatic heterocycles. The van der Waals surface area contributed by atoms with E-state index in [4.69, 9.17) is 15.9 Å². The van der Waals surface area contributed by atoms with Crippen LogP contribution in [0.15, 0.2) is 18.2 Å². The molecule has 18 heavy (non-hydrogen) atoms. The third-order valence-corrected chi connectivity index (χ3v) is 2.45.